The molecular weight excluding hydrogens is 714 g/mol. The molecular formula is C40H58BrN3O7. The van der Waals surface area contributed by atoms with Gasteiger partial charge in [0.1, 0.15) is 17.7 Å². The number of aliphatic hydroxyl groups excluding tert-OH is 1. The van der Waals surface area contributed by atoms with E-state index in [1.165, 1.54) is 0 Å². The van der Waals surface area contributed by atoms with Gasteiger partial charge in [0.15, 0.2) is 0 Å². The number of esters is 1. The Balaban J connectivity index is 1.74. The number of likely N-dealkylation sites (N-methyl/N-ethyl adjacent to an activating group) is 1. The molecule has 3 amide bonds. The van der Waals surface area contributed by atoms with Crippen molar-refractivity contribution in [3.05, 3.63) is 61.2 Å². The third-order valence-corrected chi connectivity index (χ3v) is 11.6. The quantitative estimate of drug-likeness (QED) is 0.0917. The average molecular weight is 773 g/mol. The van der Waals surface area contributed by atoms with Crippen LogP contribution in [0.5, 0.6) is 0 Å². The summed E-state index contributed by atoms with van der Waals surface area (Å²) in [6, 6.07) is 7.78. The van der Waals surface area contributed by atoms with Crippen LogP contribution in [0.25, 0.3) is 0 Å². The van der Waals surface area contributed by atoms with Crippen molar-refractivity contribution >= 4 is 39.6 Å². The van der Waals surface area contributed by atoms with Crippen molar-refractivity contribution in [2.75, 3.05) is 26.7 Å². The van der Waals surface area contributed by atoms with Gasteiger partial charge in [-0.1, -0.05) is 79.2 Å². The lowest BCUT2D eigenvalue weighted by Crippen LogP contribution is -2.61. The lowest BCUT2D eigenvalue weighted by Gasteiger charge is -2.45. The molecule has 1 unspecified atom stereocenters. The number of allylic oxidation sites excluding steroid dienone is 1. The number of carbonyl (C=O) groups is 4. The van der Waals surface area contributed by atoms with Gasteiger partial charge in [-0.15, -0.1) is 13.2 Å². The van der Waals surface area contributed by atoms with Gasteiger partial charge in [-0.05, 0) is 63.9 Å². The third kappa shape index (κ3) is 8.31. The summed E-state index contributed by atoms with van der Waals surface area (Å²) in [6.45, 7) is 20.4. The van der Waals surface area contributed by atoms with Crippen LogP contribution in [0.15, 0.2) is 55.6 Å². The first-order valence-electron chi connectivity index (χ1n) is 18.2. The molecule has 0 aliphatic carbocycles. The van der Waals surface area contributed by atoms with Crippen molar-refractivity contribution in [3.8, 4) is 0 Å². The number of unbranched alkanes of at least 4 members (excludes halogenated alkanes) is 1. The van der Waals surface area contributed by atoms with E-state index in [1.807, 2.05) is 51.1 Å². The van der Waals surface area contributed by atoms with E-state index in [2.05, 4.69) is 49.9 Å². The number of hydrogen-bond donors (Lipinski definition) is 1. The number of amides is 3. The molecule has 4 rings (SSSR count). The van der Waals surface area contributed by atoms with E-state index in [-0.39, 0.29) is 54.1 Å². The largest absolute Gasteiger partial charge is 0.455 e. The van der Waals surface area contributed by atoms with E-state index >= 15 is 4.79 Å². The van der Waals surface area contributed by atoms with Gasteiger partial charge >= 0.3 is 5.97 Å². The standard InChI is InChI=1S/C40H58BrN3O7/c1-10-12-20-29(46)42(9)26(3)32(27-18-14-13-15-19-27)50-37(49)30-31-35(47)43(22-16-17-23-45)34(40(31)24-28(41)33(30)51-40)36(48)44(21-11-2)39(7,8)25-38(4,5)6/h10-11,13-15,18-19,26,28,30-34,45H,1-2,12,16-17,20-25H2,3-9H3/t26-,28?,30-,31+,32+,33-,34-,40+/m0/s1. The van der Waals surface area contributed by atoms with E-state index in [0.29, 0.717) is 37.7 Å². The second-order valence-electron chi connectivity index (χ2n) is 16.3. The zero-order valence-electron chi connectivity index (χ0n) is 31.5. The van der Waals surface area contributed by atoms with E-state index in [1.54, 1.807) is 33.9 Å². The number of likely N-dealkylation sites (tertiary alicyclic amines) is 1. The van der Waals surface area contributed by atoms with Crippen molar-refractivity contribution in [1.82, 2.24) is 14.7 Å². The molecule has 0 radical (unpaired) electrons. The number of carbonyl (C=O) groups excluding carboxylic acids is 4. The van der Waals surface area contributed by atoms with Crippen LogP contribution in [-0.2, 0) is 28.7 Å². The molecule has 3 aliphatic heterocycles. The molecule has 51 heavy (non-hydrogen) atoms. The Bertz CT molecular complexity index is 1440. The SMILES string of the molecule is C=CCCC(=O)N(C)[C@@H](C)[C@@H](OC(=O)[C@@H]1[C@H]2O[C@@]3(CC2Br)[C@H](C(=O)N(CC=C)C(C)(C)CC(C)(C)C)N(CCCCO)C(=O)[C@@H]13)c1ccccc1. The monoisotopic (exact) mass is 771 g/mol. The summed E-state index contributed by atoms with van der Waals surface area (Å²) in [5, 5.41) is 9.60. The average Bonchev–Trinajstić information content (AvgIpc) is 3.66. The maximum Gasteiger partial charge on any atom is 0.313 e. The van der Waals surface area contributed by atoms with Gasteiger partial charge in [-0.3, -0.25) is 19.2 Å². The molecule has 1 aromatic rings. The fourth-order valence-electron chi connectivity index (χ4n) is 8.74. The zero-order chi connectivity index (χ0) is 37.9. The van der Waals surface area contributed by atoms with Crippen LogP contribution in [0.4, 0.5) is 0 Å². The Morgan fingerprint density at radius 2 is 1.80 bits per heavy atom. The number of ether oxygens (including phenoxy) is 2. The molecule has 1 aromatic carbocycles. The number of fused-ring (bicyclic) bond motifs is 1. The number of aliphatic hydroxyl groups is 1. The predicted octanol–water partition coefficient (Wildman–Crippen LogP) is 5.83. The van der Waals surface area contributed by atoms with E-state index in [9.17, 15) is 19.5 Å². The minimum absolute atomic E-state index is 0.0446. The summed E-state index contributed by atoms with van der Waals surface area (Å²) in [5.74, 6) is -3.19. The molecule has 11 heteroatoms. The molecule has 282 valence electrons. The van der Waals surface area contributed by atoms with Crippen LogP contribution in [-0.4, -0.2) is 104 Å². The molecule has 3 heterocycles. The maximum atomic E-state index is 15.0. The lowest BCUT2D eigenvalue weighted by molar-refractivity contribution is -0.164. The van der Waals surface area contributed by atoms with Crippen molar-refractivity contribution in [1.29, 1.82) is 0 Å². The topological polar surface area (TPSA) is 117 Å². The van der Waals surface area contributed by atoms with E-state index in [4.69, 9.17) is 9.47 Å². The number of rotatable bonds is 17. The Hall–Kier alpha value is -3.02. The van der Waals surface area contributed by atoms with Gasteiger partial charge < -0.3 is 29.3 Å². The summed E-state index contributed by atoms with van der Waals surface area (Å²) in [4.78, 5) is 62.0. The van der Waals surface area contributed by atoms with Crippen molar-refractivity contribution in [2.45, 2.75) is 120 Å². The van der Waals surface area contributed by atoms with Crippen LogP contribution in [0.3, 0.4) is 0 Å². The lowest BCUT2D eigenvalue weighted by atomic mass is 9.70. The van der Waals surface area contributed by atoms with Gasteiger partial charge in [-0.2, -0.15) is 0 Å². The highest BCUT2D eigenvalue weighted by Crippen LogP contribution is 2.61. The van der Waals surface area contributed by atoms with Gasteiger partial charge in [0.25, 0.3) is 0 Å². The van der Waals surface area contributed by atoms with E-state index < -0.39 is 53.2 Å². The number of halogens is 1. The molecule has 0 saturated carbocycles. The molecule has 3 saturated heterocycles. The fourth-order valence-corrected chi connectivity index (χ4v) is 9.68. The van der Waals surface area contributed by atoms with Crippen LogP contribution in [0.2, 0.25) is 0 Å². The van der Waals surface area contributed by atoms with Crippen LogP contribution in [0, 0.1) is 17.3 Å². The van der Waals surface area contributed by atoms with Gasteiger partial charge in [0.05, 0.1) is 24.0 Å². The van der Waals surface area contributed by atoms with Crippen molar-refractivity contribution in [2.24, 2.45) is 17.3 Å². The third-order valence-electron chi connectivity index (χ3n) is 10.7. The molecule has 10 nitrogen and oxygen atoms in total. The van der Waals surface area contributed by atoms with Gasteiger partial charge in [-0.25, -0.2) is 0 Å². The number of nitrogens with zero attached hydrogens (tertiary/aromatic N) is 3. The molecule has 8 atom stereocenters. The first kappa shape index (κ1) is 40.7. The Labute approximate surface area is 312 Å². The predicted molar refractivity (Wildman–Crippen MR) is 201 cm³/mol. The zero-order valence-corrected chi connectivity index (χ0v) is 33.1. The summed E-state index contributed by atoms with van der Waals surface area (Å²) in [5.41, 5.74) is -1.23. The molecule has 2 bridgehead atoms. The summed E-state index contributed by atoms with van der Waals surface area (Å²) in [6.07, 6.45) is 4.68. The fraction of sp³-hybridized carbons (Fsp3) is 0.650. The summed E-state index contributed by atoms with van der Waals surface area (Å²) >= 11 is 3.77. The Morgan fingerprint density at radius 1 is 1.14 bits per heavy atom. The first-order chi connectivity index (χ1) is 24.0. The van der Waals surface area contributed by atoms with Gasteiger partial charge in [0.2, 0.25) is 17.7 Å². The molecule has 3 fully saturated rings. The molecule has 3 aliphatic rings. The first-order valence-corrected chi connectivity index (χ1v) is 19.1. The van der Waals surface area contributed by atoms with Crippen molar-refractivity contribution < 1.29 is 33.8 Å². The minimum atomic E-state index is -1.27. The Morgan fingerprint density at radius 3 is 2.39 bits per heavy atom. The second-order valence-corrected chi connectivity index (χ2v) is 17.4. The summed E-state index contributed by atoms with van der Waals surface area (Å²) in [7, 11) is 1.70. The minimum Gasteiger partial charge on any atom is -0.455 e. The van der Waals surface area contributed by atoms with Crippen LogP contribution in [0.1, 0.15) is 91.7 Å². The highest BCUT2D eigenvalue weighted by molar-refractivity contribution is 9.09. The van der Waals surface area contributed by atoms with Crippen molar-refractivity contribution in [3.63, 3.8) is 0 Å². The number of alkyl halides is 1. The highest BCUT2D eigenvalue weighted by Gasteiger charge is 2.77. The summed E-state index contributed by atoms with van der Waals surface area (Å²) < 4.78 is 13.2. The smallest absolute Gasteiger partial charge is 0.313 e. The van der Waals surface area contributed by atoms with Crippen LogP contribution >= 0.6 is 15.9 Å². The highest BCUT2D eigenvalue weighted by atomic mass is 79.9. The molecule has 1 spiro atoms. The molecule has 0 aromatic heterocycles. The van der Waals surface area contributed by atoms with Gasteiger partial charge in [0, 0.05) is 43.5 Å². The number of benzene rings is 1. The number of hydrogen-bond acceptors (Lipinski definition) is 7. The van der Waals surface area contributed by atoms with E-state index in [0.717, 1.165) is 0 Å². The normalized spacial score (nSPS) is 26.7. The second kappa shape index (κ2) is 16.3. The van der Waals surface area contributed by atoms with Crippen LogP contribution < -0.4 is 0 Å². The Kier molecular flexibility index (Phi) is 13.0. The molecule has 1 N–H and O–H groups in total. The maximum absolute atomic E-state index is 15.0.